The van der Waals surface area contributed by atoms with Gasteiger partial charge in [0.25, 0.3) is 5.91 Å². The van der Waals surface area contributed by atoms with Crippen LogP contribution in [0.2, 0.25) is 0 Å². The van der Waals surface area contributed by atoms with Crippen LogP contribution in [0.1, 0.15) is 60.3 Å². The molecular formula is C30H28F3N5O4. The molecule has 3 heterocycles. The second kappa shape index (κ2) is 10.3. The van der Waals surface area contributed by atoms with Crippen molar-refractivity contribution >= 4 is 11.8 Å². The van der Waals surface area contributed by atoms with E-state index in [0.717, 1.165) is 12.1 Å². The number of ether oxygens (including phenoxy) is 1. The fraction of sp³-hybridized carbons (Fsp3) is 0.367. The number of nitriles is 1. The summed E-state index contributed by atoms with van der Waals surface area (Å²) < 4.78 is 49.7. The van der Waals surface area contributed by atoms with Crippen molar-refractivity contribution in [1.82, 2.24) is 20.4 Å². The van der Waals surface area contributed by atoms with Crippen LogP contribution in [-0.4, -0.2) is 39.0 Å². The minimum absolute atomic E-state index is 0.0796. The van der Waals surface area contributed by atoms with Crippen LogP contribution in [-0.2, 0) is 10.3 Å². The van der Waals surface area contributed by atoms with Gasteiger partial charge in [-0.15, -0.1) is 0 Å². The first-order valence-electron chi connectivity index (χ1n) is 13.3. The van der Waals surface area contributed by atoms with Crippen molar-refractivity contribution in [2.75, 3.05) is 0 Å². The summed E-state index contributed by atoms with van der Waals surface area (Å²) in [4.78, 5) is 40.6. The summed E-state index contributed by atoms with van der Waals surface area (Å²) in [5, 5.41) is 18.3. The highest BCUT2D eigenvalue weighted by atomic mass is 19.1. The Balaban J connectivity index is 1.45. The number of nitrogens with zero attached hydrogens (tertiary/aromatic N) is 3. The summed E-state index contributed by atoms with van der Waals surface area (Å²) in [5.41, 5.74) is -1.85. The Bertz CT molecular complexity index is 1690. The van der Waals surface area contributed by atoms with Gasteiger partial charge in [-0.25, -0.2) is 18.3 Å². The lowest BCUT2D eigenvalue weighted by atomic mass is 9.82. The molecule has 0 radical (unpaired) electrons. The second-order valence-corrected chi connectivity index (χ2v) is 11.3. The predicted molar refractivity (Wildman–Crippen MR) is 144 cm³/mol. The molecule has 0 unspecified atom stereocenters. The van der Waals surface area contributed by atoms with E-state index in [1.165, 1.54) is 12.1 Å². The van der Waals surface area contributed by atoms with Gasteiger partial charge in [-0.2, -0.15) is 10.4 Å². The standard InChI is InChI=1S/C30H28F3N5O4/c1-15-10-23(27(40)37-36-15)42-25-20(32)11-17(12-21(25)33)26(39)35-22-13-30(18-6-5-7-19(31)16(18)2)9-8-24(29(3,4)14-34)38(30)28(22)41/h5-7,10-12,22,24H,8-9,13H2,1-4H3,(H,35,39)(H,37,40)/t22-,24+,30+/m0/s1. The highest BCUT2D eigenvalue weighted by molar-refractivity contribution is 5.98. The van der Waals surface area contributed by atoms with E-state index in [9.17, 15) is 32.8 Å². The molecule has 2 aromatic carbocycles. The van der Waals surface area contributed by atoms with Crippen LogP contribution in [0.25, 0.3) is 0 Å². The number of carbonyl (C=O) groups excluding carboxylic acids is 2. The molecule has 2 amide bonds. The molecule has 0 aliphatic carbocycles. The van der Waals surface area contributed by atoms with Gasteiger partial charge >= 0.3 is 5.56 Å². The van der Waals surface area contributed by atoms with E-state index >= 15 is 0 Å². The number of rotatable bonds is 6. The first-order chi connectivity index (χ1) is 19.8. The lowest BCUT2D eigenvalue weighted by molar-refractivity contribution is -0.135. The number of hydrogen-bond donors (Lipinski definition) is 2. The number of amides is 2. The third-order valence-electron chi connectivity index (χ3n) is 8.25. The Morgan fingerprint density at radius 3 is 2.52 bits per heavy atom. The second-order valence-electron chi connectivity index (χ2n) is 11.3. The summed E-state index contributed by atoms with van der Waals surface area (Å²) in [6.07, 6.45) is 1.02. The van der Waals surface area contributed by atoms with Crippen LogP contribution in [0.3, 0.4) is 0 Å². The molecule has 0 saturated carbocycles. The van der Waals surface area contributed by atoms with E-state index in [-0.39, 0.29) is 12.2 Å². The maximum absolute atomic E-state index is 14.9. The van der Waals surface area contributed by atoms with Crippen molar-refractivity contribution in [2.24, 2.45) is 5.41 Å². The maximum Gasteiger partial charge on any atom is 0.307 e. The predicted octanol–water partition coefficient (Wildman–Crippen LogP) is 4.53. The maximum atomic E-state index is 14.9. The number of fused-ring (bicyclic) bond motifs is 1. The van der Waals surface area contributed by atoms with Gasteiger partial charge in [0.2, 0.25) is 5.91 Å². The lowest BCUT2D eigenvalue weighted by Gasteiger charge is -2.40. The van der Waals surface area contributed by atoms with Crippen molar-refractivity contribution in [3.05, 3.63) is 86.6 Å². The Kier molecular flexibility index (Phi) is 7.08. The average Bonchev–Trinajstić information content (AvgIpc) is 3.45. The first-order valence-corrected chi connectivity index (χ1v) is 13.3. The fourth-order valence-electron chi connectivity index (χ4n) is 6.14. The number of nitrogens with one attached hydrogen (secondary N) is 2. The van der Waals surface area contributed by atoms with Crippen molar-refractivity contribution in [3.8, 4) is 17.6 Å². The van der Waals surface area contributed by atoms with Gasteiger partial charge in [0.1, 0.15) is 11.9 Å². The van der Waals surface area contributed by atoms with Crippen molar-refractivity contribution in [3.63, 3.8) is 0 Å². The van der Waals surface area contributed by atoms with Gasteiger partial charge in [0.05, 0.1) is 28.8 Å². The largest absolute Gasteiger partial charge is 0.445 e. The van der Waals surface area contributed by atoms with E-state index in [1.54, 1.807) is 44.7 Å². The van der Waals surface area contributed by atoms with E-state index in [1.807, 2.05) is 0 Å². The molecule has 3 aromatic rings. The third-order valence-corrected chi connectivity index (χ3v) is 8.25. The van der Waals surface area contributed by atoms with Gasteiger partial charge in [-0.1, -0.05) is 12.1 Å². The molecule has 9 nitrogen and oxygen atoms in total. The molecule has 42 heavy (non-hydrogen) atoms. The number of aryl methyl sites for hydroxylation is 1. The summed E-state index contributed by atoms with van der Waals surface area (Å²) in [6.45, 7) is 6.61. The normalized spacial score (nSPS) is 21.7. The smallest absolute Gasteiger partial charge is 0.307 e. The quantitative estimate of drug-likeness (QED) is 0.442. The molecule has 3 atom stereocenters. The van der Waals surface area contributed by atoms with Crippen LogP contribution in [0, 0.1) is 48.0 Å². The van der Waals surface area contributed by atoms with Crippen molar-refractivity contribution < 1.29 is 27.5 Å². The SMILES string of the molecule is Cc1cc(Oc2c(F)cc(C(=O)N[C@H]3C[C@@]4(c5cccc(F)c5C)CC[C@H](C(C)(C)C#N)N4C3=O)cc2F)c(=O)[nH]n1. The van der Waals surface area contributed by atoms with Gasteiger partial charge < -0.3 is 15.0 Å². The zero-order chi connectivity index (χ0) is 30.6. The minimum Gasteiger partial charge on any atom is -0.445 e. The number of hydrogen-bond acceptors (Lipinski definition) is 6. The fourth-order valence-corrected chi connectivity index (χ4v) is 6.14. The number of benzene rings is 2. The van der Waals surface area contributed by atoms with Crippen LogP contribution in [0.4, 0.5) is 13.2 Å². The number of carbonyl (C=O) groups is 2. The van der Waals surface area contributed by atoms with Gasteiger partial charge in [0.15, 0.2) is 23.1 Å². The monoisotopic (exact) mass is 579 g/mol. The molecule has 2 fully saturated rings. The third kappa shape index (κ3) is 4.68. The summed E-state index contributed by atoms with van der Waals surface area (Å²) in [7, 11) is 0. The molecule has 5 rings (SSSR count). The number of halogens is 3. The molecule has 218 valence electrons. The zero-order valence-corrected chi connectivity index (χ0v) is 23.3. The molecular weight excluding hydrogens is 551 g/mol. The Morgan fingerprint density at radius 2 is 1.86 bits per heavy atom. The molecule has 12 heteroatoms. The summed E-state index contributed by atoms with van der Waals surface area (Å²) >= 11 is 0. The molecule has 0 bridgehead atoms. The molecule has 2 aliphatic rings. The topological polar surface area (TPSA) is 128 Å². The first kappa shape index (κ1) is 28.9. The van der Waals surface area contributed by atoms with Crippen molar-refractivity contribution in [1.29, 1.82) is 5.26 Å². The molecule has 0 spiro atoms. The van der Waals surface area contributed by atoms with Crippen molar-refractivity contribution in [2.45, 2.75) is 64.6 Å². The van der Waals surface area contributed by atoms with E-state index < -0.39 is 69.2 Å². The minimum atomic E-state index is -1.24. The molecule has 2 saturated heterocycles. The Hall–Kier alpha value is -4.66. The van der Waals surface area contributed by atoms with Crippen LogP contribution in [0.5, 0.6) is 11.5 Å². The van der Waals surface area contributed by atoms with Gasteiger partial charge in [-0.3, -0.25) is 14.4 Å². The highest BCUT2D eigenvalue weighted by Crippen LogP contribution is 2.54. The number of aromatic amines is 1. The zero-order valence-electron chi connectivity index (χ0n) is 23.3. The molecule has 2 N–H and O–H groups in total. The highest BCUT2D eigenvalue weighted by Gasteiger charge is 2.61. The summed E-state index contributed by atoms with van der Waals surface area (Å²) in [6, 6.07) is 7.95. The van der Waals surface area contributed by atoms with Crippen LogP contribution in [0.15, 0.2) is 41.2 Å². The van der Waals surface area contributed by atoms with Crippen LogP contribution >= 0.6 is 0 Å². The lowest BCUT2D eigenvalue weighted by Crippen LogP contribution is -2.50. The van der Waals surface area contributed by atoms with E-state index in [2.05, 4.69) is 21.6 Å². The Morgan fingerprint density at radius 1 is 1.17 bits per heavy atom. The molecule has 2 aliphatic heterocycles. The van der Waals surface area contributed by atoms with Gasteiger partial charge in [-0.05, 0) is 69.9 Å². The molecule has 1 aromatic heterocycles. The Labute approximate surface area is 239 Å². The average molecular weight is 580 g/mol. The summed E-state index contributed by atoms with van der Waals surface area (Å²) in [5.74, 6) is -5.58. The number of H-pyrrole nitrogens is 1. The van der Waals surface area contributed by atoms with Crippen LogP contribution < -0.4 is 15.6 Å². The van der Waals surface area contributed by atoms with Gasteiger partial charge in [0, 0.05) is 18.1 Å². The van der Waals surface area contributed by atoms with E-state index in [4.69, 9.17) is 4.74 Å². The van der Waals surface area contributed by atoms with E-state index in [0.29, 0.717) is 29.7 Å². The number of aromatic nitrogens is 2.